The van der Waals surface area contributed by atoms with E-state index in [1.807, 2.05) is 26.8 Å². The number of hydrogen-bond acceptors (Lipinski definition) is 3. The second kappa shape index (κ2) is 12.1. The van der Waals surface area contributed by atoms with Gasteiger partial charge in [0.1, 0.15) is 17.2 Å². The van der Waals surface area contributed by atoms with E-state index in [2.05, 4.69) is 17.4 Å². The highest BCUT2D eigenvalue weighted by Gasteiger charge is 2.15. The van der Waals surface area contributed by atoms with Gasteiger partial charge < -0.3 is 15.2 Å². The first-order valence-corrected chi connectivity index (χ1v) is 10.8. The molecule has 0 aromatic heterocycles. The average molecular weight is 456 g/mol. The van der Waals surface area contributed by atoms with Crippen LogP contribution in [0.25, 0.3) is 22.3 Å². The molecule has 0 aliphatic rings. The summed E-state index contributed by atoms with van der Waals surface area (Å²) in [6, 6.07) is 18.9. The monoisotopic (exact) mass is 455 g/mol. The molecule has 0 bridgehead atoms. The third kappa shape index (κ3) is 8.66. The summed E-state index contributed by atoms with van der Waals surface area (Å²) in [5.74, 6) is -0.571. The van der Waals surface area contributed by atoms with Crippen LogP contribution in [0, 0.1) is 11.6 Å². The molecule has 0 saturated carbocycles. The predicted octanol–water partition coefficient (Wildman–Crippen LogP) is 6.36. The van der Waals surface area contributed by atoms with Crippen molar-refractivity contribution in [2.45, 2.75) is 39.2 Å². The Labute approximate surface area is 194 Å². The van der Waals surface area contributed by atoms with Gasteiger partial charge in [0.25, 0.3) is 0 Å². The van der Waals surface area contributed by atoms with Crippen LogP contribution >= 0.6 is 0 Å². The fraction of sp³-hybridized carbons (Fsp3) is 0.296. The number of aliphatic hydroxyl groups excluding tert-OH is 1. The molecule has 0 radical (unpaired) electrons. The van der Waals surface area contributed by atoms with Crippen LogP contribution in [0.1, 0.15) is 32.8 Å². The van der Waals surface area contributed by atoms with E-state index >= 15 is 0 Å². The Balaban J connectivity index is 0.00000187. The van der Waals surface area contributed by atoms with Gasteiger partial charge in [-0.3, -0.25) is 0 Å². The molecule has 0 unspecified atom stereocenters. The Morgan fingerprint density at radius 2 is 1.27 bits per heavy atom. The van der Waals surface area contributed by atoms with Crippen LogP contribution in [-0.2, 0) is 11.2 Å². The number of hydrogen-bond donors (Lipinski definition) is 2. The summed E-state index contributed by atoms with van der Waals surface area (Å²) in [6.45, 7) is 5.96. The second-order valence-electron chi connectivity index (χ2n) is 8.46. The number of rotatable bonds is 6. The molecule has 3 aromatic rings. The van der Waals surface area contributed by atoms with Crippen LogP contribution in [0.5, 0.6) is 0 Å². The molecule has 0 atom stereocenters. The van der Waals surface area contributed by atoms with Gasteiger partial charge in [0.2, 0.25) is 0 Å². The zero-order chi connectivity index (χ0) is 24.4. The lowest BCUT2D eigenvalue weighted by Gasteiger charge is -2.19. The maximum atomic E-state index is 13.4. The van der Waals surface area contributed by atoms with Crippen molar-refractivity contribution < 1.29 is 23.4 Å². The largest absolute Gasteiger partial charge is 0.444 e. The third-order valence-electron chi connectivity index (χ3n) is 4.66. The number of aryl methyl sites for hydroxylation is 1. The number of nitrogens with one attached hydrogen (secondary N) is 1. The van der Waals surface area contributed by atoms with Crippen LogP contribution < -0.4 is 5.32 Å². The third-order valence-corrected chi connectivity index (χ3v) is 4.66. The molecule has 6 heteroatoms. The minimum atomic E-state index is -0.530. The number of carbonyl (C=O) groups excluding carboxylic acids is 1. The highest BCUT2D eigenvalue weighted by molar-refractivity contribution is 5.74. The molecule has 0 spiro atoms. The van der Waals surface area contributed by atoms with Crippen molar-refractivity contribution in [1.82, 2.24) is 5.32 Å². The molecule has 2 N–H and O–H groups in total. The van der Waals surface area contributed by atoms with E-state index in [1.165, 1.54) is 24.3 Å². The van der Waals surface area contributed by atoms with Gasteiger partial charge in [-0.15, -0.1) is 0 Å². The number of benzene rings is 3. The Hall–Kier alpha value is -3.25. The molecule has 0 aliphatic heterocycles. The first-order chi connectivity index (χ1) is 15.7. The summed E-state index contributed by atoms with van der Waals surface area (Å²) in [5.41, 5.74) is 4.26. The van der Waals surface area contributed by atoms with Gasteiger partial charge in [-0.2, -0.15) is 0 Å². The predicted molar refractivity (Wildman–Crippen MR) is 128 cm³/mol. The van der Waals surface area contributed by atoms with Gasteiger partial charge in [-0.25, -0.2) is 13.6 Å². The molecular weight excluding hydrogens is 424 g/mol. The minimum absolute atomic E-state index is 0.285. The summed E-state index contributed by atoms with van der Waals surface area (Å²) in [4.78, 5) is 11.8. The molecule has 4 nitrogen and oxygen atoms in total. The van der Waals surface area contributed by atoms with Gasteiger partial charge in [0, 0.05) is 13.7 Å². The summed E-state index contributed by atoms with van der Waals surface area (Å²) < 4.78 is 32.0. The van der Waals surface area contributed by atoms with E-state index < -0.39 is 11.7 Å². The lowest BCUT2D eigenvalue weighted by Crippen LogP contribution is -2.33. The second-order valence-corrected chi connectivity index (χ2v) is 8.46. The van der Waals surface area contributed by atoms with Gasteiger partial charge in [-0.05, 0) is 91.8 Å². The molecule has 3 aromatic carbocycles. The number of halogens is 2. The van der Waals surface area contributed by atoms with Crippen LogP contribution in [0.2, 0.25) is 0 Å². The molecular formula is C27H31F2NO3. The molecule has 0 fully saturated rings. The SMILES string of the molecule is CC(C)(C)OC(=O)NCCCc1cc(-c2ccc(F)cc2)cc(-c2ccc(F)cc2)c1.CO. The van der Waals surface area contributed by atoms with E-state index in [-0.39, 0.29) is 11.6 Å². The van der Waals surface area contributed by atoms with Crippen LogP contribution in [-0.4, -0.2) is 30.5 Å². The van der Waals surface area contributed by atoms with Crippen molar-refractivity contribution in [2.24, 2.45) is 0 Å². The van der Waals surface area contributed by atoms with Gasteiger partial charge in [-0.1, -0.05) is 36.4 Å². The van der Waals surface area contributed by atoms with Crippen LogP contribution in [0.3, 0.4) is 0 Å². The normalized spacial score (nSPS) is 10.8. The number of aliphatic hydroxyl groups is 1. The standard InChI is InChI=1S/C26H27F2NO2.CH4O/c1-26(2,3)31-25(30)29-14-4-5-18-15-21(19-6-10-23(27)11-7-19)17-22(16-18)20-8-12-24(28)13-9-20;1-2/h6-13,15-17H,4-5,14H2,1-3H3,(H,29,30);2H,1H3. The van der Waals surface area contributed by atoms with E-state index in [1.54, 1.807) is 24.3 Å². The Kier molecular flexibility index (Phi) is 9.55. The number of alkyl carbamates (subject to hydrolysis) is 1. The van der Waals surface area contributed by atoms with Crippen molar-refractivity contribution in [2.75, 3.05) is 13.7 Å². The van der Waals surface area contributed by atoms with Crippen molar-refractivity contribution in [3.05, 3.63) is 83.9 Å². The Morgan fingerprint density at radius 3 is 1.70 bits per heavy atom. The summed E-state index contributed by atoms with van der Waals surface area (Å²) in [6.07, 6.45) is 1.04. The first-order valence-electron chi connectivity index (χ1n) is 10.8. The molecule has 0 saturated heterocycles. The maximum Gasteiger partial charge on any atom is 0.407 e. The van der Waals surface area contributed by atoms with E-state index in [0.29, 0.717) is 6.54 Å². The average Bonchev–Trinajstić information content (AvgIpc) is 2.78. The van der Waals surface area contributed by atoms with E-state index in [0.717, 1.165) is 47.8 Å². The zero-order valence-electron chi connectivity index (χ0n) is 19.5. The molecule has 176 valence electrons. The minimum Gasteiger partial charge on any atom is -0.444 e. The van der Waals surface area contributed by atoms with Crippen molar-refractivity contribution in [3.8, 4) is 22.3 Å². The van der Waals surface area contributed by atoms with Gasteiger partial charge in [0.05, 0.1) is 0 Å². The smallest absolute Gasteiger partial charge is 0.407 e. The fourth-order valence-electron chi connectivity index (χ4n) is 3.25. The van der Waals surface area contributed by atoms with Crippen LogP contribution in [0.4, 0.5) is 13.6 Å². The number of carbonyl (C=O) groups is 1. The molecule has 3 rings (SSSR count). The zero-order valence-corrected chi connectivity index (χ0v) is 19.5. The lowest BCUT2D eigenvalue weighted by molar-refractivity contribution is 0.0527. The molecule has 1 amide bonds. The van der Waals surface area contributed by atoms with Crippen molar-refractivity contribution in [3.63, 3.8) is 0 Å². The van der Waals surface area contributed by atoms with E-state index in [4.69, 9.17) is 9.84 Å². The van der Waals surface area contributed by atoms with Gasteiger partial charge in [0.15, 0.2) is 0 Å². The van der Waals surface area contributed by atoms with Gasteiger partial charge >= 0.3 is 6.09 Å². The van der Waals surface area contributed by atoms with Crippen LogP contribution in [0.15, 0.2) is 66.7 Å². The topological polar surface area (TPSA) is 58.6 Å². The molecule has 0 heterocycles. The highest BCUT2D eigenvalue weighted by atomic mass is 19.1. The summed E-state index contributed by atoms with van der Waals surface area (Å²) >= 11 is 0. The summed E-state index contributed by atoms with van der Waals surface area (Å²) in [5, 5.41) is 9.77. The summed E-state index contributed by atoms with van der Waals surface area (Å²) in [7, 11) is 1.00. The Morgan fingerprint density at radius 1 is 0.818 bits per heavy atom. The fourth-order valence-corrected chi connectivity index (χ4v) is 3.25. The van der Waals surface area contributed by atoms with E-state index in [9.17, 15) is 13.6 Å². The lowest BCUT2D eigenvalue weighted by atomic mass is 9.94. The maximum absolute atomic E-state index is 13.4. The highest BCUT2D eigenvalue weighted by Crippen LogP contribution is 2.29. The first kappa shape index (κ1) is 26.0. The molecule has 0 aliphatic carbocycles. The number of ether oxygens (including phenoxy) is 1. The molecule has 33 heavy (non-hydrogen) atoms. The number of amides is 1. The Bertz CT molecular complexity index is 963. The quantitative estimate of drug-likeness (QED) is 0.425. The van der Waals surface area contributed by atoms with Crippen molar-refractivity contribution >= 4 is 6.09 Å². The van der Waals surface area contributed by atoms with Crippen molar-refractivity contribution in [1.29, 1.82) is 0 Å².